The third-order valence-corrected chi connectivity index (χ3v) is 4.75. The van der Waals surface area contributed by atoms with Crippen molar-refractivity contribution in [1.82, 2.24) is 4.90 Å². The maximum Gasteiger partial charge on any atom is 0.0595 e. The Morgan fingerprint density at radius 1 is 1.15 bits per heavy atom. The normalized spacial score (nSPS) is 18.4. The third kappa shape index (κ3) is 4.07. The lowest BCUT2D eigenvalue weighted by Crippen LogP contribution is -2.38. The average molecular weight is 275 g/mol. The van der Waals surface area contributed by atoms with Crippen molar-refractivity contribution in [3.8, 4) is 0 Å². The van der Waals surface area contributed by atoms with Gasteiger partial charge in [-0.25, -0.2) is 0 Å². The Kier molecular flexibility index (Phi) is 5.22. The van der Waals surface area contributed by atoms with Crippen molar-refractivity contribution in [2.75, 3.05) is 26.7 Å². The van der Waals surface area contributed by atoms with Crippen LogP contribution in [0, 0.1) is 6.92 Å². The van der Waals surface area contributed by atoms with Crippen LogP contribution in [0.4, 0.5) is 0 Å². The van der Waals surface area contributed by atoms with Gasteiger partial charge in [0.2, 0.25) is 0 Å². The van der Waals surface area contributed by atoms with E-state index in [1.807, 2.05) is 7.11 Å². The molecule has 1 saturated heterocycles. The highest BCUT2D eigenvalue weighted by Gasteiger charge is 2.24. The fourth-order valence-corrected chi connectivity index (χ4v) is 2.96. The number of methoxy groups -OCH3 is 1. The number of hydrogen-bond donors (Lipinski definition) is 0. The summed E-state index contributed by atoms with van der Waals surface area (Å²) in [5.74, 6) is 0. The fraction of sp³-hybridized carbons (Fsp3) is 0.667. The maximum atomic E-state index is 5.44. The number of nitrogens with zero attached hydrogens (tertiary/aromatic N) is 1. The van der Waals surface area contributed by atoms with E-state index in [1.165, 1.54) is 50.0 Å². The Hall–Kier alpha value is -0.860. The second kappa shape index (κ2) is 6.73. The highest BCUT2D eigenvalue weighted by atomic mass is 16.5. The number of aryl methyl sites for hydroxylation is 1. The molecular formula is C18H29NO. The Labute approximate surface area is 124 Å². The number of rotatable bonds is 5. The second-order valence-electron chi connectivity index (χ2n) is 6.78. The summed E-state index contributed by atoms with van der Waals surface area (Å²) in [4.78, 5) is 2.59. The molecule has 1 aromatic carbocycles. The second-order valence-corrected chi connectivity index (χ2v) is 6.78. The number of piperidine rings is 1. The van der Waals surface area contributed by atoms with E-state index in [4.69, 9.17) is 4.74 Å². The van der Waals surface area contributed by atoms with Crippen molar-refractivity contribution in [1.29, 1.82) is 0 Å². The highest BCUT2D eigenvalue weighted by molar-refractivity contribution is 5.27. The molecule has 0 amide bonds. The molecular weight excluding hydrogens is 246 g/mol. The van der Waals surface area contributed by atoms with Gasteiger partial charge in [0.05, 0.1) is 6.10 Å². The van der Waals surface area contributed by atoms with E-state index in [2.05, 4.69) is 49.9 Å². The summed E-state index contributed by atoms with van der Waals surface area (Å²) in [7, 11) is 1.83. The lowest BCUT2D eigenvalue weighted by Gasteiger charge is -2.34. The molecule has 1 heterocycles. The first kappa shape index (κ1) is 15.5. The zero-order valence-electron chi connectivity index (χ0n) is 13.5. The van der Waals surface area contributed by atoms with E-state index in [0.717, 1.165) is 0 Å². The van der Waals surface area contributed by atoms with Crippen LogP contribution in [-0.4, -0.2) is 37.7 Å². The van der Waals surface area contributed by atoms with Crippen molar-refractivity contribution in [3.05, 3.63) is 35.4 Å². The van der Waals surface area contributed by atoms with Crippen LogP contribution in [-0.2, 0) is 10.2 Å². The summed E-state index contributed by atoms with van der Waals surface area (Å²) < 4.78 is 5.44. The first-order chi connectivity index (χ1) is 9.51. The zero-order valence-corrected chi connectivity index (χ0v) is 13.5. The Morgan fingerprint density at radius 2 is 1.75 bits per heavy atom. The Morgan fingerprint density at radius 3 is 2.30 bits per heavy atom. The molecule has 2 nitrogen and oxygen atoms in total. The molecule has 1 aliphatic heterocycles. The van der Waals surface area contributed by atoms with Gasteiger partial charge in [0.15, 0.2) is 0 Å². The van der Waals surface area contributed by atoms with Crippen LogP contribution in [0.25, 0.3) is 0 Å². The van der Waals surface area contributed by atoms with Gasteiger partial charge in [0.1, 0.15) is 0 Å². The van der Waals surface area contributed by atoms with Gasteiger partial charge < -0.3 is 9.64 Å². The van der Waals surface area contributed by atoms with Crippen LogP contribution < -0.4 is 0 Å². The predicted molar refractivity (Wildman–Crippen MR) is 85.3 cm³/mol. The monoisotopic (exact) mass is 275 g/mol. The minimum absolute atomic E-state index is 0.256. The molecule has 1 fully saturated rings. The van der Waals surface area contributed by atoms with E-state index in [-0.39, 0.29) is 5.41 Å². The molecule has 1 aromatic rings. The number of likely N-dealkylation sites (tertiary alicyclic amines) is 1. The summed E-state index contributed by atoms with van der Waals surface area (Å²) in [5.41, 5.74) is 3.05. The van der Waals surface area contributed by atoms with Crippen LogP contribution in [0.15, 0.2) is 24.3 Å². The van der Waals surface area contributed by atoms with Crippen LogP contribution >= 0.6 is 0 Å². The molecule has 0 spiro atoms. The van der Waals surface area contributed by atoms with E-state index < -0.39 is 0 Å². The molecule has 2 rings (SSSR count). The maximum absolute atomic E-state index is 5.44. The Balaban J connectivity index is 1.85. The van der Waals surface area contributed by atoms with Gasteiger partial charge in [0, 0.05) is 20.2 Å². The number of ether oxygens (including phenoxy) is 1. The molecule has 0 aromatic heterocycles. The number of hydrogen-bond acceptors (Lipinski definition) is 2. The van der Waals surface area contributed by atoms with E-state index in [0.29, 0.717) is 6.10 Å². The van der Waals surface area contributed by atoms with Crippen LogP contribution in [0.3, 0.4) is 0 Å². The van der Waals surface area contributed by atoms with Crippen LogP contribution in [0.2, 0.25) is 0 Å². The molecule has 1 aliphatic rings. The minimum atomic E-state index is 0.256. The lowest BCUT2D eigenvalue weighted by molar-refractivity contribution is 0.0394. The topological polar surface area (TPSA) is 12.5 Å². The highest BCUT2D eigenvalue weighted by Crippen LogP contribution is 2.28. The van der Waals surface area contributed by atoms with Crippen molar-refractivity contribution in [2.45, 2.75) is 51.6 Å². The summed E-state index contributed by atoms with van der Waals surface area (Å²) in [5, 5.41) is 0. The molecule has 0 bridgehead atoms. The van der Waals surface area contributed by atoms with Gasteiger partial charge in [-0.2, -0.15) is 0 Å². The van der Waals surface area contributed by atoms with Crippen molar-refractivity contribution >= 4 is 0 Å². The van der Waals surface area contributed by atoms with Gasteiger partial charge in [-0.3, -0.25) is 0 Å². The summed E-state index contributed by atoms with van der Waals surface area (Å²) >= 11 is 0. The minimum Gasteiger partial charge on any atom is -0.381 e. The first-order valence-electron chi connectivity index (χ1n) is 7.83. The molecule has 2 heteroatoms. The zero-order chi connectivity index (χ0) is 14.6. The summed E-state index contributed by atoms with van der Waals surface area (Å²) in [6, 6.07) is 9.02. The summed E-state index contributed by atoms with van der Waals surface area (Å²) in [6.07, 6.45) is 4.06. The molecule has 0 unspecified atom stereocenters. The quantitative estimate of drug-likeness (QED) is 0.811. The third-order valence-electron chi connectivity index (χ3n) is 4.75. The predicted octanol–water partition coefficient (Wildman–Crippen LogP) is 3.77. The molecule has 0 aliphatic carbocycles. The van der Waals surface area contributed by atoms with Crippen molar-refractivity contribution in [3.63, 3.8) is 0 Å². The standard InChI is InChI=1S/C18H29NO/c1-15-5-7-16(8-6-15)18(2,3)11-14-19-12-9-17(20-4)10-13-19/h5-8,17H,9-14H2,1-4H3. The van der Waals surface area contributed by atoms with Gasteiger partial charge in [-0.05, 0) is 43.7 Å². The molecule has 0 radical (unpaired) electrons. The Bertz CT molecular complexity index is 402. The van der Waals surface area contributed by atoms with Gasteiger partial charge in [-0.1, -0.05) is 43.7 Å². The van der Waals surface area contributed by atoms with Crippen LogP contribution in [0.1, 0.15) is 44.2 Å². The largest absolute Gasteiger partial charge is 0.381 e. The first-order valence-corrected chi connectivity index (χ1v) is 7.83. The fourth-order valence-electron chi connectivity index (χ4n) is 2.96. The molecule has 20 heavy (non-hydrogen) atoms. The van der Waals surface area contributed by atoms with E-state index in [9.17, 15) is 0 Å². The number of benzene rings is 1. The molecule has 112 valence electrons. The van der Waals surface area contributed by atoms with Crippen LogP contribution in [0.5, 0.6) is 0 Å². The van der Waals surface area contributed by atoms with Crippen molar-refractivity contribution in [2.24, 2.45) is 0 Å². The van der Waals surface area contributed by atoms with Gasteiger partial charge in [-0.15, -0.1) is 0 Å². The molecule has 0 saturated carbocycles. The summed E-state index contributed by atoms with van der Waals surface area (Å²) in [6.45, 7) is 10.4. The van der Waals surface area contributed by atoms with Gasteiger partial charge in [0.25, 0.3) is 0 Å². The SMILES string of the molecule is COC1CCN(CCC(C)(C)c2ccc(C)cc2)CC1. The van der Waals surface area contributed by atoms with Gasteiger partial charge >= 0.3 is 0 Å². The van der Waals surface area contributed by atoms with Crippen molar-refractivity contribution < 1.29 is 4.74 Å². The van der Waals surface area contributed by atoms with E-state index in [1.54, 1.807) is 0 Å². The molecule has 0 atom stereocenters. The molecule has 0 N–H and O–H groups in total. The lowest BCUT2D eigenvalue weighted by atomic mass is 9.81. The van der Waals surface area contributed by atoms with E-state index >= 15 is 0 Å². The smallest absolute Gasteiger partial charge is 0.0595 e. The average Bonchev–Trinajstić information content (AvgIpc) is 2.46.